The molecule has 3 rings (SSSR count). The number of hydrogen-bond acceptors (Lipinski definition) is 4. The van der Waals surface area contributed by atoms with E-state index in [4.69, 9.17) is 5.73 Å². The Labute approximate surface area is 155 Å². The summed E-state index contributed by atoms with van der Waals surface area (Å²) in [5, 5.41) is 0. The van der Waals surface area contributed by atoms with Crippen molar-refractivity contribution in [1.29, 1.82) is 0 Å². The Kier molecular flexibility index (Phi) is 5.46. The van der Waals surface area contributed by atoms with Crippen LogP contribution in [0, 0.1) is 25.5 Å². The van der Waals surface area contributed by atoms with Crippen LogP contribution in [0.3, 0.4) is 0 Å². The van der Waals surface area contributed by atoms with Gasteiger partial charge in [-0.1, -0.05) is 6.92 Å². The maximum Gasteiger partial charge on any atom is 0.151 e. The molecule has 7 heteroatoms. The first kappa shape index (κ1) is 18.6. The Balaban J connectivity index is 1.78. The summed E-state index contributed by atoms with van der Waals surface area (Å²) in [4.78, 5) is 9.50. The summed E-state index contributed by atoms with van der Waals surface area (Å²) >= 11 is 1.39. The van der Waals surface area contributed by atoms with E-state index in [1.54, 1.807) is 0 Å². The molecule has 0 spiro atoms. The molecule has 2 aromatic heterocycles. The van der Waals surface area contributed by atoms with Crippen molar-refractivity contribution in [1.82, 2.24) is 14.5 Å². The van der Waals surface area contributed by atoms with Gasteiger partial charge in [-0.25, -0.2) is 18.7 Å². The van der Waals surface area contributed by atoms with Crippen molar-refractivity contribution in [2.75, 3.05) is 11.5 Å². The Bertz CT molecular complexity index is 953. The zero-order chi connectivity index (χ0) is 18.8. The first-order valence-corrected chi connectivity index (χ1v) is 9.60. The molecule has 2 heterocycles. The number of nitrogen functional groups attached to an aromatic ring is 1. The van der Waals surface area contributed by atoms with E-state index in [-0.39, 0.29) is 0 Å². The van der Waals surface area contributed by atoms with Gasteiger partial charge < -0.3 is 10.3 Å². The Morgan fingerprint density at radius 3 is 2.65 bits per heavy atom. The highest BCUT2D eigenvalue weighted by atomic mass is 32.2. The number of thioether (sulfide) groups is 1. The number of nitrogens with zero attached hydrogens (tertiary/aromatic N) is 3. The van der Waals surface area contributed by atoms with Crippen LogP contribution in [0.25, 0.3) is 11.0 Å². The lowest BCUT2D eigenvalue weighted by atomic mass is 10.2. The predicted octanol–water partition coefficient (Wildman–Crippen LogP) is 4.65. The van der Waals surface area contributed by atoms with E-state index in [1.165, 1.54) is 23.9 Å². The molecular formula is C19H22F2N4S. The normalized spacial score (nSPS) is 11.4. The molecule has 26 heavy (non-hydrogen) atoms. The molecule has 4 nitrogen and oxygen atoms in total. The lowest BCUT2D eigenvalue weighted by Gasteiger charge is -2.11. The van der Waals surface area contributed by atoms with Gasteiger partial charge in [0, 0.05) is 29.6 Å². The van der Waals surface area contributed by atoms with E-state index >= 15 is 0 Å². The van der Waals surface area contributed by atoms with Crippen molar-refractivity contribution < 1.29 is 8.78 Å². The SMILES string of the molecule is CCc1nc2c(N)nc(C)c(C)c2n1CCCSc1ccc(F)cc1F. The van der Waals surface area contributed by atoms with Gasteiger partial charge in [0.15, 0.2) is 5.82 Å². The molecule has 3 aromatic rings. The quantitative estimate of drug-likeness (QED) is 0.502. The van der Waals surface area contributed by atoms with Crippen molar-refractivity contribution in [2.45, 2.75) is 45.1 Å². The summed E-state index contributed by atoms with van der Waals surface area (Å²) in [5.41, 5.74) is 9.83. The number of benzene rings is 1. The molecule has 0 aliphatic carbocycles. The van der Waals surface area contributed by atoms with Gasteiger partial charge in [-0.3, -0.25) is 0 Å². The lowest BCUT2D eigenvalue weighted by molar-refractivity contribution is 0.565. The largest absolute Gasteiger partial charge is 0.382 e. The van der Waals surface area contributed by atoms with E-state index in [1.807, 2.05) is 13.8 Å². The second kappa shape index (κ2) is 7.61. The average Bonchev–Trinajstić information content (AvgIpc) is 2.97. The number of aromatic nitrogens is 3. The van der Waals surface area contributed by atoms with Crippen LogP contribution in [0.1, 0.15) is 30.4 Å². The summed E-state index contributed by atoms with van der Waals surface area (Å²) in [6.07, 6.45) is 1.63. The highest BCUT2D eigenvalue weighted by molar-refractivity contribution is 7.99. The van der Waals surface area contributed by atoms with E-state index in [0.717, 1.165) is 59.3 Å². The van der Waals surface area contributed by atoms with Crippen LogP contribution in [0.2, 0.25) is 0 Å². The third kappa shape index (κ3) is 3.53. The maximum absolute atomic E-state index is 13.7. The first-order chi connectivity index (χ1) is 12.4. The molecule has 0 unspecified atom stereocenters. The number of anilines is 1. The number of nitrogens with two attached hydrogens (primary N) is 1. The van der Waals surface area contributed by atoms with E-state index < -0.39 is 11.6 Å². The van der Waals surface area contributed by atoms with Crippen LogP contribution in [-0.4, -0.2) is 20.3 Å². The number of fused-ring (bicyclic) bond motifs is 1. The smallest absolute Gasteiger partial charge is 0.151 e. The van der Waals surface area contributed by atoms with Crippen LogP contribution in [0.15, 0.2) is 23.1 Å². The van der Waals surface area contributed by atoms with E-state index in [2.05, 4.69) is 21.5 Å². The summed E-state index contributed by atoms with van der Waals surface area (Å²) in [7, 11) is 0. The van der Waals surface area contributed by atoms with Gasteiger partial charge in [0.1, 0.15) is 23.0 Å². The van der Waals surface area contributed by atoms with Gasteiger partial charge in [0.25, 0.3) is 0 Å². The molecule has 0 atom stereocenters. The standard InChI is InChI=1S/C19H22F2N4S/c1-4-16-24-17-18(11(2)12(3)23-19(17)22)25(16)8-5-9-26-15-7-6-13(20)10-14(15)21/h6-7,10H,4-5,8-9H2,1-3H3,(H2,22,23). The van der Waals surface area contributed by atoms with Crippen molar-refractivity contribution in [3.63, 3.8) is 0 Å². The summed E-state index contributed by atoms with van der Waals surface area (Å²) in [5.74, 6) is 1.09. The Morgan fingerprint density at radius 1 is 1.19 bits per heavy atom. The van der Waals surface area contributed by atoms with Gasteiger partial charge >= 0.3 is 0 Å². The van der Waals surface area contributed by atoms with Crippen LogP contribution in [0.4, 0.5) is 14.6 Å². The van der Waals surface area contributed by atoms with Crippen LogP contribution in [0.5, 0.6) is 0 Å². The average molecular weight is 376 g/mol. The summed E-state index contributed by atoms with van der Waals surface area (Å²) < 4.78 is 28.9. The first-order valence-electron chi connectivity index (χ1n) is 8.62. The molecule has 0 amide bonds. The topological polar surface area (TPSA) is 56.7 Å². The molecular weight excluding hydrogens is 354 g/mol. The van der Waals surface area contributed by atoms with Crippen molar-refractivity contribution in [2.24, 2.45) is 0 Å². The van der Waals surface area contributed by atoms with Crippen LogP contribution in [-0.2, 0) is 13.0 Å². The molecule has 0 saturated heterocycles. The van der Waals surface area contributed by atoms with Gasteiger partial charge in [0.2, 0.25) is 0 Å². The fraction of sp³-hybridized carbons (Fsp3) is 0.368. The minimum absolute atomic E-state index is 0.458. The minimum Gasteiger partial charge on any atom is -0.382 e. The lowest BCUT2D eigenvalue weighted by Crippen LogP contribution is -2.06. The highest BCUT2D eigenvalue weighted by Crippen LogP contribution is 2.28. The van der Waals surface area contributed by atoms with Crippen molar-refractivity contribution in [3.05, 3.63) is 46.9 Å². The Hall–Kier alpha value is -2.15. The molecule has 0 aliphatic rings. The fourth-order valence-electron chi connectivity index (χ4n) is 3.05. The fourth-order valence-corrected chi connectivity index (χ4v) is 3.91. The van der Waals surface area contributed by atoms with Crippen LogP contribution < -0.4 is 5.73 Å². The third-order valence-electron chi connectivity index (χ3n) is 4.47. The van der Waals surface area contributed by atoms with E-state index in [0.29, 0.717) is 10.7 Å². The molecule has 0 saturated carbocycles. The maximum atomic E-state index is 13.7. The van der Waals surface area contributed by atoms with Crippen molar-refractivity contribution in [3.8, 4) is 0 Å². The predicted molar refractivity (Wildman–Crippen MR) is 102 cm³/mol. The van der Waals surface area contributed by atoms with Gasteiger partial charge in [-0.2, -0.15) is 0 Å². The van der Waals surface area contributed by atoms with E-state index in [9.17, 15) is 8.78 Å². The number of halogens is 2. The molecule has 0 radical (unpaired) electrons. The highest BCUT2D eigenvalue weighted by Gasteiger charge is 2.16. The summed E-state index contributed by atoms with van der Waals surface area (Å²) in [6.45, 7) is 6.80. The molecule has 0 fully saturated rings. The number of pyridine rings is 1. The van der Waals surface area contributed by atoms with Gasteiger partial charge in [0.05, 0.1) is 5.52 Å². The monoisotopic (exact) mass is 376 g/mol. The van der Waals surface area contributed by atoms with Gasteiger partial charge in [-0.15, -0.1) is 11.8 Å². The molecule has 2 N–H and O–H groups in total. The molecule has 138 valence electrons. The molecule has 0 bridgehead atoms. The second-order valence-electron chi connectivity index (χ2n) is 6.21. The molecule has 1 aromatic carbocycles. The zero-order valence-electron chi connectivity index (χ0n) is 15.1. The molecule has 0 aliphatic heterocycles. The Morgan fingerprint density at radius 2 is 1.96 bits per heavy atom. The number of imidazole rings is 1. The van der Waals surface area contributed by atoms with Crippen LogP contribution >= 0.6 is 11.8 Å². The number of rotatable bonds is 6. The zero-order valence-corrected chi connectivity index (χ0v) is 16.0. The van der Waals surface area contributed by atoms with Crippen molar-refractivity contribution >= 4 is 28.6 Å². The third-order valence-corrected chi connectivity index (χ3v) is 5.60. The number of hydrogen-bond donors (Lipinski definition) is 1. The number of aryl methyl sites for hydroxylation is 4. The summed E-state index contributed by atoms with van der Waals surface area (Å²) in [6, 6.07) is 3.69. The second-order valence-corrected chi connectivity index (χ2v) is 7.35. The minimum atomic E-state index is -0.554. The van der Waals surface area contributed by atoms with Gasteiger partial charge in [-0.05, 0) is 43.7 Å².